The van der Waals surface area contributed by atoms with Crippen LogP contribution in [-0.4, -0.2) is 16.3 Å². The molecule has 1 aromatic rings. The Labute approximate surface area is 81.4 Å². The van der Waals surface area contributed by atoms with Crippen LogP contribution in [-0.2, 0) is 0 Å². The fourth-order valence-corrected chi connectivity index (χ4v) is 1.98. The van der Waals surface area contributed by atoms with Crippen LogP contribution in [0, 0.1) is 0 Å². The summed E-state index contributed by atoms with van der Waals surface area (Å²) in [4.78, 5) is 28.2. The molecule has 74 valence electrons. The van der Waals surface area contributed by atoms with E-state index in [9.17, 15) is 9.59 Å². The van der Waals surface area contributed by atoms with Gasteiger partial charge in [0.05, 0.1) is 5.69 Å². The van der Waals surface area contributed by atoms with E-state index < -0.39 is 0 Å². The number of aldehydes is 1. The van der Waals surface area contributed by atoms with Crippen molar-refractivity contribution in [2.45, 2.75) is 31.6 Å². The molecule has 14 heavy (non-hydrogen) atoms. The van der Waals surface area contributed by atoms with E-state index in [-0.39, 0.29) is 11.4 Å². The molecule has 1 aromatic heterocycles. The van der Waals surface area contributed by atoms with Gasteiger partial charge in [0, 0.05) is 12.0 Å². The summed E-state index contributed by atoms with van der Waals surface area (Å²) in [6.45, 7) is 0. The molecule has 0 amide bonds. The molecule has 0 saturated heterocycles. The summed E-state index contributed by atoms with van der Waals surface area (Å²) < 4.78 is 0. The summed E-state index contributed by atoms with van der Waals surface area (Å²) in [6.07, 6.45) is 5.12. The fraction of sp³-hybridized carbons (Fsp3) is 0.500. The lowest BCUT2D eigenvalue weighted by atomic mass is 10.0. The zero-order chi connectivity index (χ0) is 9.97. The van der Waals surface area contributed by atoms with Crippen molar-refractivity contribution in [3.05, 3.63) is 27.9 Å². The number of rotatable bonds is 2. The maximum Gasteiger partial charge on any atom is 0.251 e. The number of aromatic nitrogens is 2. The predicted octanol–water partition coefficient (Wildman–Crippen LogP) is 1.24. The summed E-state index contributed by atoms with van der Waals surface area (Å²) in [7, 11) is 0. The summed E-state index contributed by atoms with van der Waals surface area (Å²) in [6, 6.07) is 1.50. The normalized spacial score (nSPS) is 17.1. The van der Waals surface area contributed by atoms with Gasteiger partial charge in [-0.1, -0.05) is 12.8 Å². The summed E-state index contributed by atoms with van der Waals surface area (Å²) in [5.74, 6) is 0.510. The van der Waals surface area contributed by atoms with Gasteiger partial charge in [0.25, 0.3) is 5.56 Å². The van der Waals surface area contributed by atoms with Crippen LogP contribution >= 0.6 is 0 Å². The smallest absolute Gasteiger partial charge is 0.251 e. The van der Waals surface area contributed by atoms with Crippen LogP contribution in [0.1, 0.15) is 47.9 Å². The quantitative estimate of drug-likeness (QED) is 0.717. The van der Waals surface area contributed by atoms with E-state index in [0.29, 0.717) is 12.2 Å². The van der Waals surface area contributed by atoms with Crippen molar-refractivity contribution in [2.24, 2.45) is 0 Å². The molecule has 4 nitrogen and oxygen atoms in total. The summed E-state index contributed by atoms with van der Waals surface area (Å²) >= 11 is 0. The first-order valence-electron chi connectivity index (χ1n) is 4.86. The Morgan fingerprint density at radius 2 is 2.14 bits per heavy atom. The topological polar surface area (TPSA) is 62.8 Å². The van der Waals surface area contributed by atoms with Crippen molar-refractivity contribution in [2.75, 3.05) is 0 Å². The third-order valence-corrected chi connectivity index (χ3v) is 2.66. The van der Waals surface area contributed by atoms with Gasteiger partial charge in [-0.2, -0.15) is 0 Å². The van der Waals surface area contributed by atoms with Crippen LogP contribution in [0.3, 0.4) is 0 Å². The second-order valence-corrected chi connectivity index (χ2v) is 3.65. The first-order chi connectivity index (χ1) is 6.79. The van der Waals surface area contributed by atoms with Gasteiger partial charge in [-0.15, -0.1) is 0 Å². The number of H-pyrrole nitrogens is 1. The van der Waals surface area contributed by atoms with Crippen molar-refractivity contribution in [3.63, 3.8) is 0 Å². The highest BCUT2D eigenvalue weighted by atomic mass is 16.1. The average Bonchev–Trinajstić information content (AvgIpc) is 2.69. The minimum atomic E-state index is -0.232. The largest absolute Gasteiger partial charge is 0.304 e. The lowest BCUT2D eigenvalue weighted by molar-refractivity contribution is 0.111. The van der Waals surface area contributed by atoms with Crippen LogP contribution in [0.25, 0.3) is 0 Å². The molecule has 0 radical (unpaired) electrons. The fourth-order valence-electron chi connectivity index (χ4n) is 1.98. The number of aromatic amines is 1. The molecule has 0 aromatic carbocycles. The van der Waals surface area contributed by atoms with Crippen molar-refractivity contribution in [1.82, 2.24) is 9.97 Å². The number of carbonyl (C=O) groups is 1. The van der Waals surface area contributed by atoms with Gasteiger partial charge in [0.2, 0.25) is 0 Å². The Morgan fingerprint density at radius 1 is 1.43 bits per heavy atom. The van der Waals surface area contributed by atoms with E-state index in [1.165, 1.54) is 18.9 Å². The van der Waals surface area contributed by atoms with Gasteiger partial charge in [-0.3, -0.25) is 9.59 Å². The second-order valence-electron chi connectivity index (χ2n) is 3.65. The third kappa shape index (κ3) is 1.73. The molecular formula is C10H12N2O2. The molecule has 2 rings (SSSR count). The highest BCUT2D eigenvalue weighted by Gasteiger charge is 2.19. The van der Waals surface area contributed by atoms with Crippen LogP contribution in [0.2, 0.25) is 0 Å². The standard InChI is InChI=1S/C10H12N2O2/c13-6-9-11-8(5-10(14)12-9)7-3-1-2-4-7/h5-7H,1-4H2,(H,11,12,14). The SMILES string of the molecule is O=Cc1nc(C2CCCC2)cc(=O)[nH]1. The molecular weight excluding hydrogens is 180 g/mol. The van der Waals surface area contributed by atoms with Gasteiger partial charge in [-0.25, -0.2) is 4.98 Å². The van der Waals surface area contributed by atoms with Crippen molar-refractivity contribution in [3.8, 4) is 0 Å². The van der Waals surface area contributed by atoms with Gasteiger partial charge in [0.1, 0.15) is 0 Å². The minimum Gasteiger partial charge on any atom is -0.304 e. The molecule has 0 unspecified atom stereocenters. The Balaban J connectivity index is 2.36. The minimum absolute atomic E-state index is 0.138. The lowest BCUT2D eigenvalue weighted by Gasteiger charge is -2.07. The first kappa shape index (κ1) is 9.12. The molecule has 1 saturated carbocycles. The molecule has 0 spiro atoms. The maximum atomic E-state index is 11.2. The molecule has 1 heterocycles. The molecule has 0 atom stereocenters. The Morgan fingerprint density at radius 3 is 2.79 bits per heavy atom. The van der Waals surface area contributed by atoms with Crippen molar-refractivity contribution < 1.29 is 4.79 Å². The molecule has 1 aliphatic rings. The van der Waals surface area contributed by atoms with E-state index in [4.69, 9.17) is 0 Å². The third-order valence-electron chi connectivity index (χ3n) is 2.66. The van der Waals surface area contributed by atoms with Gasteiger partial charge in [0.15, 0.2) is 12.1 Å². The zero-order valence-electron chi connectivity index (χ0n) is 7.82. The monoisotopic (exact) mass is 192 g/mol. The van der Waals surface area contributed by atoms with E-state index in [1.807, 2.05) is 0 Å². The molecule has 1 N–H and O–H groups in total. The summed E-state index contributed by atoms with van der Waals surface area (Å²) in [5.41, 5.74) is 0.539. The number of carbonyl (C=O) groups excluding carboxylic acids is 1. The second kappa shape index (κ2) is 3.74. The molecule has 0 aliphatic heterocycles. The van der Waals surface area contributed by atoms with E-state index >= 15 is 0 Å². The molecule has 1 aliphatic carbocycles. The van der Waals surface area contributed by atoms with Gasteiger partial charge >= 0.3 is 0 Å². The Hall–Kier alpha value is -1.45. The van der Waals surface area contributed by atoms with Crippen LogP contribution < -0.4 is 5.56 Å². The highest BCUT2D eigenvalue weighted by Crippen LogP contribution is 2.32. The lowest BCUT2D eigenvalue weighted by Crippen LogP contribution is -2.13. The highest BCUT2D eigenvalue weighted by molar-refractivity contribution is 5.68. The Bertz CT molecular complexity index is 391. The zero-order valence-corrected chi connectivity index (χ0v) is 7.82. The average molecular weight is 192 g/mol. The number of nitrogens with one attached hydrogen (secondary N) is 1. The molecule has 1 fully saturated rings. The van der Waals surface area contributed by atoms with Gasteiger partial charge < -0.3 is 4.98 Å². The number of hydrogen-bond donors (Lipinski definition) is 1. The van der Waals surface area contributed by atoms with Crippen LogP contribution in [0.15, 0.2) is 10.9 Å². The van der Waals surface area contributed by atoms with Gasteiger partial charge in [-0.05, 0) is 12.8 Å². The van der Waals surface area contributed by atoms with E-state index in [2.05, 4.69) is 9.97 Å². The maximum absolute atomic E-state index is 11.2. The van der Waals surface area contributed by atoms with E-state index in [0.717, 1.165) is 18.5 Å². The van der Waals surface area contributed by atoms with Crippen molar-refractivity contribution in [1.29, 1.82) is 0 Å². The van der Waals surface area contributed by atoms with Crippen LogP contribution in [0.5, 0.6) is 0 Å². The van der Waals surface area contributed by atoms with Crippen molar-refractivity contribution >= 4 is 6.29 Å². The van der Waals surface area contributed by atoms with Crippen LogP contribution in [0.4, 0.5) is 0 Å². The summed E-state index contributed by atoms with van der Waals surface area (Å²) in [5, 5.41) is 0. The number of hydrogen-bond acceptors (Lipinski definition) is 3. The predicted molar refractivity (Wildman–Crippen MR) is 51.5 cm³/mol. The Kier molecular flexibility index (Phi) is 2.43. The molecule has 4 heteroatoms. The van der Waals surface area contributed by atoms with E-state index in [1.54, 1.807) is 0 Å². The molecule has 0 bridgehead atoms. The number of nitrogens with zero attached hydrogens (tertiary/aromatic N) is 1. The first-order valence-corrected chi connectivity index (χ1v) is 4.86.